The molecule has 1 heterocycles. The van der Waals surface area contributed by atoms with Gasteiger partial charge in [0, 0.05) is 17.3 Å². The molecule has 0 spiro atoms. The van der Waals surface area contributed by atoms with Crippen LogP contribution in [0.3, 0.4) is 0 Å². The van der Waals surface area contributed by atoms with Crippen molar-refractivity contribution in [3.8, 4) is 0 Å². The van der Waals surface area contributed by atoms with Crippen LogP contribution in [-0.2, 0) is 4.79 Å². The molecule has 1 aliphatic rings. The standard InChI is InChI=1S/C13H15ClN2O3/c14-8-5-6-15-11(7-8)12(17)16-10-4-2-1-3-9(10)13(18)19/h5-7,9-10H,1-4H2,(H,16,17)(H,18,19). The van der Waals surface area contributed by atoms with Crippen LogP contribution in [0.4, 0.5) is 0 Å². The highest BCUT2D eigenvalue weighted by Gasteiger charge is 2.32. The Kier molecular flexibility index (Phi) is 4.37. The average molecular weight is 283 g/mol. The second kappa shape index (κ2) is 6.02. The van der Waals surface area contributed by atoms with Crippen molar-refractivity contribution in [3.63, 3.8) is 0 Å². The molecular weight excluding hydrogens is 268 g/mol. The number of carboxylic acids is 1. The van der Waals surface area contributed by atoms with Crippen molar-refractivity contribution in [2.45, 2.75) is 31.7 Å². The first-order valence-corrected chi connectivity index (χ1v) is 6.61. The predicted octanol–water partition coefficient (Wildman–Crippen LogP) is 2.11. The number of hydrogen-bond acceptors (Lipinski definition) is 3. The van der Waals surface area contributed by atoms with Crippen LogP contribution in [0.2, 0.25) is 5.02 Å². The summed E-state index contributed by atoms with van der Waals surface area (Å²) >= 11 is 5.80. The Hall–Kier alpha value is -1.62. The SMILES string of the molecule is O=C(NC1CCCCC1C(=O)O)c1cc(Cl)ccn1. The van der Waals surface area contributed by atoms with Crippen molar-refractivity contribution in [2.75, 3.05) is 0 Å². The lowest BCUT2D eigenvalue weighted by molar-refractivity contribution is -0.143. The minimum atomic E-state index is -0.857. The molecule has 1 fully saturated rings. The molecule has 2 N–H and O–H groups in total. The third-order valence-electron chi connectivity index (χ3n) is 3.35. The van der Waals surface area contributed by atoms with Gasteiger partial charge in [0.05, 0.1) is 5.92 Å². The molecule has 2 unspecified atom stereocenters. The van der Waals surface area contributed by atoms with E-state index in [9.17, 15) is 9.59 Å². The van der Waals surface area contributed by atoms with Crippen LogP contribution in [0, 0.1) is 5.92 Å². The summed E-state index contributed by atoms with van der Waals surface area (Å²) in [6, 6.07) is 2.72. The van der Waals surface area contributed by atoms with E-state index in [-0.39, 0.29) is 17.6 Å². The van der Waals surface area contributed by atoms with E-state index in [1.165, 1.54) is 12.3 Å². The quantitative estimate of drug-likeness (QED) is 0.890. The minimum Gasteiger partial charge on any atom is -0.481 e. The van der Waals surface area contributed by atoms with Gasteiger partial charge in [0.15, 0.2) is 0 Å². The van der Waals surface area contributed by atoms with E-state index in [0.29, 0.717) is 17.9 Å². The molecule has 1 aromatic rings. The minimum absolute atomic E-state index is 0.210. The maximum absolute atomic E-state index is 12.0. The molecule has 1 saturated carbocycles. The zero-order chi connectivity index (χ0) is 13.8. The highest BCUT2D eigenvalue weighted by atomic mass is 35.5. The number of carbonyl (C=O) groups is 2. The average Bonchev–Trinajstić information content (AvgIpc) is 2.39. The van der Waals surface area contributed by atoms with Crippen LogP contribution in [0.5, 0.6) is 0 Å². The molecule has 19 heavy (non-hydrogen) atoms. The summed E-state index contributed by atoms with van der Waals surface area (Å²) in [5.74, 6) is -1.75. The lowest BCUT2D eigenvalue weighted by Gasteiger charge is -2.29. The molecule has 5 nitrogen and oxygen atoms in total. The van der Waals surface area contributed by atoms with Crippen LogP contribution in [0.15, 0.2) is 18.3 Å². The summed E-state index contributed by atoms with van der Waals surface area (Å²) in [5, 5.41) is 12.3. The van der Waals surface area contributed by atoms with Gasteiger partial charge in [-0.1, -0.05) is 24.4 Å². The summed E-state index contributed by atoms with van der Waals surface area (Å²) in [5.41, 5.74) is 0.210. The molecule has 0 aromatic carbocycles. The van der Waals surface area contributed by atoms with Gasteiger partial charge in [0.1, 0.15) is 5.69 Å². The highest BCUT2D eigenvalue weighted by Crippen LogP contribution is 2.25. The van der Waals surface area contributed by atoms with Gasteiger partial charge < -0.3 is 10.4 Å². The van der Waals surface area contributed by atoms with Crippen LogP contribution in [0.25, 0.3) is 0 Å². The Morgan fingerprint density at radius 1 is 1.37 bits per heavy atom. The number of hydrogen-bond donors (Lipinski definition) is 2. The lowest BCUT2D eigenvalue weighted by Crippen LogP contribution is -2.45. The van der Waals surface area contributed by atoms with Gasteiger partial charge in [-0.2, -0.15) is 0 Å². The van der Waals surface area contributed by atoms with E-state index < -0.39 is 11.9 Å². The molecule has 6 heteroatoms. The zero-order valence-electron chi connectivity index (χ0n) is 10.3. The lowest BCUT2D eigenvalue weighted by atomic mass is 9.84. The maximum Gasteiger partial charge on any atom is 0.308 e. The largest absolute Gasteiger partial charge is 0.481 e. The number of aromatic nitrogens is 1. The summed E-state index contributed by atoms with van der Waals surface area (Å²) < 4.78 is 0. The number of aliphatic carboxylic acids is 1. The summed E-state index contributed by atoms with van der Waals surface area (Å²) in [7, 11) is 0. The van der Waals surface area contributed by atoms with E-state index in [2.05, 4.69) is 10.3 Å². The Morgan fingerprint density at radius 3 is 2.79 bits per heavy atom. The Labute approximate surface area is 116 Å². The van der Waals surface area contributed by atoms with Gasteiger partial charge >= 0.3 is 5.97 Å². The fourth-order valence-corrected chi connectivity index (χ4v) is 2.53. The van der Waals surface area contributed by atoms with Gasteiger partial charge in [0.2, 0.25) is 0 Å². The second-order valence-electron chi connectivity index (χ2n) is 4.67. The molecule has 1 aliphatic carbocycles. The number of nitrogens with zero attached hydrogens (tertiary/aromatic N) is 1. The summed E-state index contributed by atoms with van der Waals surface area (Å²) in [4.78, 5) is 27.1. The van der Waals surface area contributed by atoms with Crippen LogP contribution < -0.4 is 5.32 Å². The molecule has 0 bridgehead atoms. The highest BCUT2D eigenvalue weighted by molar-refractivity contribution is 6.30. The molecule has 0 saturated heterocycles. The number of amides is 1. The third kappa shape index (κ3) is 3.44. The van der Waals surface area contributed by atoms with Crippen molar-refractivity contribution >= 4 is 23.5 Å². The van der Waals surface area contributed by atoms with Gasteiger partial charge in [-0.25, -0.2) is 0 Å². The van der Waals surface area contributed by atoms with Crippen molar-refractivity contribution in [1.29, 1.82) is 0 Å². The molecular formula is C13H15ClN2O3. The monoisotopic (exact) mass is 282 g/mol. The number of rotatable bonds is 3. The van der Waals surface area contributed by atoms with Crippen molar-refractivity contribution < 1.29 is 14.7 Å². The topological polar surface area (TPSA) is 79.3 Å². The fraction of sp³-hybridized carbons (Fsp3) is 0.462. The first kappa shape index (κ1) is 13.8. The van der Waals surface area contributed by atoms with E-state index in [0.717, 1.165) is 12.8 Å². The number of carbonyl (C=O) groups excluding carboxylic acids is 1. The predicted molar refractivity (Wildman–Crippen MR) is 70.1 cm³/mol. The number of nitrogens with one attached hydrogen (secondary N) is 1. The number of carboxylic acid groups (broad SMARTS) is 1. The molecule has 2 rings (SSSR count). The molecule has 1 amide bonds. The Morgan fingerprint density at radius 2 is 2.11 bits per heavy atom. The smallest absolute Gasteiger partial charge is 0.308 e. The van der Waals surface area contributed by atoms with E-state index in [4.69, 9.17) is 16.7 Å². The van der Waals surface area contributed by atoms with Crippen LogP contribution in [0.1, 0.15) is 36.2 Å². The van der Waals surface area contributed by atoms with Gasteiger partial charge in [0.25, 0.3) is 5.91 Å². The van der Waals surface area contributed by atoms with Crippen LogP contribution in [-0.4, -0.2) is 28.0 Å². The van der Waals surface area contributed by atoms with Crippen LogP contribution >= 0.6 is 11.6 Å². The van der Waals surface area contributed by atoms with Crippen molar-refractivity contribution in [1.82, 2.24) is 10.3 Å². The summed E-state index contributed by atoms with van der Waals surface area (Å²) in [6.45, 7) is 0. The molecule has 1 aromatic heterocycles. The van der Waals surface area contributed by atoms with Crippen molar-refractivity contribution in [2.24, 2.45) is 5.92 Å². The first-order chi connectivity index (χ1) is 9.08. The van der Waals surface area contributed by atoms with Gasteiger partial charge in [-0.05, 0) is 25.0 Å². The second-order valence-corrected chi connectivity index (χ2v) is 5.10. The van der Waals surface area contributed by atoms with E-state index in [1.54, 1.807) is 6.07 Å². The Balaban J connectivity index is 2.07. The molecule has 102 valence electrons. The van der Waals surface area contributed by atoms with E-state index >= 15 is 0 Å². The summed E-state index contributed by atoms with van der Waals surface area (Å²) in [6.07, 6.45) is 4.55. The van der Waals surface area contributed by atoms with Gasteiger partial charge in [-0.3, -0.25) is 14.6 Å². The molecule has 0 aliphatic heterocycles. The maximum atomic E-state index is 12.0. The molecule has 0 radical (unpaired) electrons. The third-order valence-corrected chi connectivity index (χ3v) is 3.59. The zero-order valence-corrected chi connectivity index (χ0v) is 11.1. The van der Waals surface area contributed by atoms with Gasteiger partial charge in [-0.15, -0.1) is 0 Å². The number of pyridine rings is 1. The fourth-order valence-electron chi connectivity index (χ4n) is 2.37. The number of halogens is 1. The van der Waals surface area contributed by atoms with Crippen molar-refractivity contribution in [3.05, 3.63) is 29.0 Å². The van der Waals surface area contributed by atoms with E-state index in [1.807, 2.05) is 0 Å². The Bertz CT molecular complexity index is 493. The first-order valence-electron chi connectivity index (χ1n) is 6.23. The normalized spacial score (nSPS) is 22.8. The molecule has 2 atom stereocenters.